The number of aromatic nitrogens is 3. The lowest BCUT2D eigenvalue weighted by molar-refractivity contribution is 0.726. The van der Waals surface area contributed by atoms with Crippen molar-refractivity contribution in [2.24, 2.45) is 0 Å². The first-order chi connectivity index (χ1) is 10.8. The number of nitrogens with zero attached hydrogens (tertiary/aromatic N) is 4. The Morgan fingerprint density at radius 3 is 2.50 bits per heavy atom. The van der Waals surface area contributed by atoms with Crippen LogP contribution in [0.3, 0.4) is 0 Å². The Kier molecular flexibility index (Phi) is 4.83. The number of benzene rings is 1. The van der Waals surface area contributed by atoms with Crippen LogP contribution in [0.25, 0.3) is 0 Å². The van der Waals surface area contributed by atoms with Gasteiger partial charge in [-0.3, -0.25) is 0 Å². The summed E-state index contributed by atoms with van der Waals surface area (Å²) in [5.41, 5.74) is 1.23. The minimum atomic E-state index is 0.190. The second-order valence-electron chi connectivity index (χ2n) is 5.82. The Hall–Kier alpha value is -2.17. The molecule has 0 radical (unpaired) electrons. The summed E-state index contributed by atoms with van der Waals surface area (Å²) in [7, 11) is 0. The van der Waals surface area contributed by atoms with E-state index in [0.717, 1.165) is 24.9 Å². The van der Waals surface area contributed by atoms with E-state index in [0.29, 0.717) is 0 Å². The van der Waals surface area contributed by atoms with Crippen molar-refractivity contribution < 1.29 is 0 Å². The van der Waals surface area contributed by atoms with Crippen molar-refractivity contribution in [1.82, 2.24) is 15.2 Å². The van der Waals surface area contributed by atoms with Gasteiger partial charge in [-0.05, 0) is 25.3 Å². The first kappa shape index (κ1) is 14.8. The first-order valence-electron chi connectivity index (χ1n) is 8.09. The molecule has 5 nitrogen and oxygen atoms in total. The Bertz CT molecular complexity index is 579. The quantitative estimate of drug-likeness (QED) is 0.937. The molecule has 5 heteroatoms. The van der Waals surface area contributed by atoms with Gasteiger partial charge in [0, 0.05) is 19.1 Å². The maximum Gasteiger partial charge on any atom is 0.247 e. The molecule has 1 N–H and O–H groups in total. The standard InChI is InChI=1S/C17H23N5/c1-14(15-9-5-4-6-10-15)19-16-13-18-21-17(20-16)22-11-7-2-3-8-12-22/h4-6,9-10,13-14H,2-3,7-8,11-12H2,1H3,(H,19,20,21). The second kappa shape index (κ2) is 7.20. The van der Waals surface area contributed by atoms with Crippen molar-refractivity contribution in [3.8, 4) is 0 Å². The molecule has 1 unspecified atom stereocenters. The van der Waals surface area contributed by atoms with Crippen LogP contribution in [-0.2, 0) is 0 Å². The number of hydrogen-bond acceptors (Lipinski definition) is 5. The van der Waals surface area contributed by atoms with Gasteiger partial charge in [0.2, 0.25) is 5.95 Å². The maximum atomic E-state index is 4.64. The minimum Gasteiger partial charge on any atom is -0.362 e. The summed E-state index contributed by atoms with van der Waals surface area (Å²) in [5.74, 6) is 1.53. The molecule has 2 heterocycles. The molecule has 1 aliphatic rings. The highest BCUT2D eigenvalue weighted by atomic mass is 15.3. The van der Waals surface area contributed by atoms with Crippen molar-refractivity contribution in [3.63, 3.8) is 0 Å². The topological polar surface area (TPSA) is 53.9 Å². The normalized spacial score (nSPS) is 16.9. The van der Waals surface area contributed by atoms with Gasteiger partial charge in [-0.15, -0.1) is 5.10 Å². The molecule has 0 bridgehead atoms. The molecule has 1 fully saturated rings. The van der Waals surface area contributed by atoms with E-state index in [1.165, 1.54) is 31.2 Å². The molecule has 3 rings (SSSR count). The molecule has 22 heavy (non-hydrogen) atoms. The predicted molar refractivity (Wildman–Crippen MR) is 89.0 cm³/mol. The Labute approximate surface area is 131 Å². The zero-order chi connectivity index (χ0) is 15.2. The third kappa shape index (κ3) is 3.72. The lowest BCUT2D eigenvalue weighted by Gasteiger charge is -2.20. The highest BCUT2D eigenvalue weighted by Gasteiger charge is 2.14. The van der Waals surface area contributed by atoms with Gasteiger partial charge in [-0.1, -0.05) is 43.2 Å². The molecule has 116 valence electrons. The van der Waals surface area contributed by atoms with Crippen LogP contribution in [0.4, 0.5) is 11.8 Å². The summed E-state index contributed by atoms with van der Waals surface area (Å²) in [6.45, 7) is 4.18. The van der Waals surface area contributed by atoms with Crippen molar-refractivity contribution >= 4 is 11.8 Å². The number of hydrogen-bond donors (Lipinski definition) is 1. The number of rotatable bonds is 4. The number of nitrogens with one attached hydrogen (secondary N) is 1. The van der Waals surface area contributed by atoms with E-state index in [4.69, 9.17) is 0 Å². The van der Waals surface area contributed by atoms with Crippen LogP contribution in [0.5, 0.6) is 0 Å². The fourth-order valence-corrected chi connectivity index (χ4v) is 2.82. The van der Waals surface area contributed by atoms with E-state index in [1.807, 2.05) is 6.07 Å². The first-order valence-corrected chi connectivity index (χ1v) is 8.09. The summed E-state index contributed by atoms with van der Waals surface area (Å²) < 4.78 is 0. The van der Waals surface area contributed by atoms with Gasteiger partial charge >= 0.3 is 0 Å². The van der Waals surface area contributed by atoms with Crippen LogP contribution in [-0.4, -0.2) is 28.3 Å². The maximum absolute atomic E-state index is 4.64. The van der Waals surface area contributed by atoms with Gasteiger partial charge in [0.05, 0.1) is 6.20 Å². The molecule has 0 amide bonds. The summed E-state index contributed by atoms with van der Waals surface area (Å²) in [5, 5.41) is 11.7. The molecular weight excluding hydrogens is 274 g/mol. The SMILES string of the molecule is CC(Nc1cnnc(N2CCCCCC2)n1)c1ccccc1. The van der Waals surface area contributed by atoms with Gasteiger partial charge in [-0.2, -0.15) is 10.1 Å². The van der Waals surface area contributed by atoms with E-state index < -0.39 is 0 Å². The summed E-state index contributed by atoms with van der Waals surface area (Å²) in [6.07, 6.45) is 6.71. The van der Waals surface area contributed by atoms with Crippen LogP contribution >= 0.6 is 0 Å². The molecule has 1 aromatic heterocycles. The monoisotopic (exact) mass is 297 g/mol. The van der Waals surface area contributed by atoms with E-state index in [2.05, 4.69) is 56.6 Å². The summed E-state index contributed by atoms with van der Waals surface area (Å²) in [6, 6.07) is 10.5. The molecule has 0 aliphatic carbocycles. The number of anilines is 2. The Morgan fingerprint density at radius 2 is 1.77 bits per heavy atom. The molecule has 1 aromatic carbocycles. The van der Waals surface area contributed by atoms with Crippen molar-refractivity contribution in [2.75, 3.05) is 23.3 Å². The van der Waals surface area contributed by atoms with Crippen LogP contribution in [0, 0.1) is 0 Å². The molecule has 2 aromatic rings. The van der Waals surface area contributed by atoms with Crippen molar-refractivity contribution in [1.29, 1.82) is 0 Å². The Morgan fingerprint density at radius 1 is 1.05 bits per heavy atom. The smallest absolute Gasteiger partial charge is 0.247 e. The lowest BCUT2D eigenvalue weighted by atomic mass is 10.1. The fraction of sp³-hybridized carbons (Fsp3) is 0.471. The molecule has 0 saturated carbocycles. The van der Waals surface area contributed by atoms with E-state index >= 15 is 0 Å². The Balaban J connectivity index is 1.70. The van der Waals surface area contributed by atoms with E-state index in [9.17, 15) is 0 Å². The van der Waals surface area contributed by atoms with Gasteiger partial charge in [-0.25, -0.2) is 0 Å². The minimum absolute atomic E-state index is 0.190. The third-order valence-corrected chi connectivity index (χ3v) is 4.10. The van der Waals surface area contributed by atoms with Crippen molar-refractivity contribution in [2.45, 2.75) is 38.6 Å². The summed E-state index contributed by atoms with van der Waals surface area (Å²) in [4.78, 5) is 6.89. The summed E-state index contributed by atoms with van der Waals surface area (Å²) >= 11 is 0. The molecular formula is C17H23N5. The van der Waals surface area contributed by atoms with Gasteiger partial charge in [0.15, 0.2) is 5.82 Å². The largest absolute Gasteiger partial charge is 0.362 e. The average molecular weight is 297 g/mol. The molecule has 0 spiro atoms. The van der Waals surface area contributed by atoms with Crippen LogP contribution in [0.15, 0.2) is 36.5 Å². The van der Waals surface area contributed by atoms with E-state index in [1.54, 1.807) is 6.20 Å². The fourth-order valence-electron chi connectivity index (χ4n) is 2.82. The van der Waals surface area contributed by atoms with E-state index in [-0.39, 0.29) is 6.04 Å². The molecule has 1 atom stereocenters. The highest BCUT2D eigenvalue weighted by molar-refractivity contribution is 5.41. The van der Waals surface area contributed by atoms with Crippen LogP contribution in [0.1, 0.15) is 44.2 Å². The second-order valence-corrected chi connectivity index (χ2v) is 5.82. The van der Waals surface area contributed by atoms with Crippen molar-refractivity contribution in [3.05, 3.63) is 42.1 Å². The third-order valence-electron chi connectivity index (χ3n) is 4.10. The molecule has 1 saturated heterocycles. The predicted octanol–water partition coefficient (Wildman–Crippen LogP) is 3.43. The average Bonchev–Trinajstić information content (AvgIpc) is 2.85. The zero-order valence-corrected chi connectivity index (χ0v) is 13.1. The highest BCUT2D eigenvalue weighted by Crippen LogP contribution is 2.19. The van der Waals surface area contributed by atoms with Crippen LogP contribution in [0.2, 0.25) is 0 Å². The van der Waals surface area contributed by atoms with Gasteiger partial charge in [0.1, 0.15) is 0 Å². The van der Waals surface area contributed by atoms with Gasteiger partial charge < -0.3 is 10.2 Å². The molecule has 1 aliphatic heterocycles. The lowest BCUT2D eigenvalue weighted by Crippen LogP contribution is -2.26. The van der Waals surface area contributed by atoms with Gasteiger partial charge in [0.25, 0.3) is 0 Å². The zero-order valence-electron chi connectivity index (χ0n) is 13.1. The van der Waals surface area contributed by atoms with Crippen LogP contribution < -0.4 is 10.2 Å².